The quantitative estimate of drug-likeness (QED) is 0.523. The summed E-state index contributed by atoms with van der Waals surface area (Å²) < 4.78 is 7.02. The largest absolute Gasteiger partial charge is 0.394 e. The fraction of sp³-hybridized carbons (Fsp3) is 0.500. The highest BCUT2D eigenvalue weighted by molar-refractivity contribution is 5.83. The summed E-state index contributed by atoms with van der Waals surface area (Å²) in [5.74, 6) is 6.30. The van der Waals surface area contributed by atoms with Gasteiger partial charge >= 0.3 is 0 Å². The SMILES string of the molecule is CC#Cc1nc(NC)c2ncn([C@@H]3O[C@H](CO)[C@H](O)C3O)c2n1. The molecule has 0 amide bonds. The van der Waals surface area contributed by atoms with Gasteiger partial charge < -0.3 is 25.4 Å². The molecule has 1 saturated heterocycles. The van der Waals surface area contributed by atoms with E-state index in [9.17, 15) is 15.3 Å². The summed E-state index contributed by atoms with van der Waals surface area (Å²) in [6, 6.07) is 0. The lowest BCUT2D eigenvalue weighted by atomic mass is 10.1. The number of aliphatic hydroxyl groups excluding tert-OH is 3. The lowest BCUT2D eigenvalue weighted by molar-refractivity contribution is -0.0511. The van der Waals surface area contributed by atoms with Gasteiger partial charge in [0.2, 0.25) is 5.82 Å². The average molecular weight is 319 g/mol. The Morgan fingerprint density at radius 2 is 2.13 bits per heavy atom. The van der Waals surface area contributed by atoms with E-state index in [0.29, 0.717) is 22.8 Å². The Balaban J connectivity index is 2.11. The van der Waals surface area contributed by atoms with Gasteiger partial charge in [0.1, 0.15) is 18.3 Å². The first kappa shape index (κ1) is 15.6. The van der Waals surface area contributed by atoms with Crippen LogP contribution in [0, 0.1) is 11.8 Å². The van der Waals surface area contributed by atoms with Gasteiger partial charge in [-0.2, -0.15) is 0 Å². The van der Waals surface area contributed by atoms with E-state index in [4.69, 9.17) is 4.74 Å². The van der Waals surface area contributed by atoms with E-state index in [1.54, 1.807) is 14.0 Å². The molecule has 1 aliphatic rings. The molecule has 0 saturated carbocycles. The molecule has 1 aliphatic heterocycles. The van der Waals surface area contributed by atoms with Crippen LogP contribution >= 0.6 is 0 Å². The normalized spacial score (nSPS) is 27.0. The predicted molar refractivity (Wildman–Crippen MR) is 80.4 cm³/mol. The zero-order valence-corrected chi connectivity index (χ0v) is 12.6. The fourth-order valence-corrected chi connectivity index (χ4v) is 2.55. The number of hydrogen-bond acceptors (Lipinski definition) is 8. The van der Waals surface area contributed by atoms with Crippen LogP contribution in [0.2, 0.25) is 0 Å². The van der Waals surface area contributed by atoms with E-state index in [1.165, 1.54) is 10.9 Å². The number of rotatable bonds is 3. The Labute approximate surface area is 132 Å². The van der Waals surface area contributed by atoms with Gasteiger partial charge in [-0.15, -0.1) is 0 Å². The first-order chi connectivity index (χ1) is 11.1. The molecule has 0 aromatic carbocycles. The van der Waals surface area contributed by atoms with Crippen molar-refractivity contribution in [2.75, 3.05) is 19.0 Å². The van der Waals surface area contributed by atoms with E-state index in [2.05, 4.69) is 32.1 Å². The highest BCUT2D eigenvalue weighted by Gasteiger charge is 2.44. The molecular weight excluding hydrogens is 302 g/mol. The lowest BCUT2D eigenvalue weighted by Crippen LogP contribution is -2.33. The van der Waals surface area contributed by atoms with Gasteiger partial charge in [0, 0.05) is 7.05 Å². The Morgan fingerprint density at radius 1 is 1.35 bits per heavy atom. The minimum Gasteiger partial charge on any atom is -0.394 e. The predicted octanol–water partition coefficient (Wildman–Crippen LogP) is -1.15. The van der Waals surface area contributed by atoms with Gasteiger partial charge in [0.05, 0.1) is 12.9 Å². The van der Waals surface area contributed by atoms with Crippen molar-refractivity contribution < 1.29 is 20.1 Å². The van der Waals surface area contributed by atoms with Crippen molar-refractivity contribution in [2.45, 2.75) is 31.5 Å². The monoisotopic (exact) mass is 319 g/mol. The molecule has 4 atom stereocenters. The van der Waals surface area contributed by atoms with Crippen molar-refractivity contribution in [2.24, 2.45) is 0 Å². The van der Waals surface area contributed by atoms with Gasteiger partial charge in [0.15, 0.2) is 23.2 Å². The molecule has 0 aliphatic carbocycles. The number of nitrogens with zero attached hydrogens (tertiary/aromatic N) is 4. The number of nitrogens with one attached hydrogen (secondary N) is 1. The molecule has 0 bridgehead atoms. The van der Waals surface area contributed by atoms with Gasteiger partial charge in [-0.05, 0) is 12.8 Å². The van der Waals surface area contributed by atoms with E-state index >= 15 is 0 Å². The smallest absolute Gasteiger partial charge is 0.208 e. The summed E-state index contributed by atoms with van der Waals surface area (Å²) in [5.41, 5.74) is 0.906. The van der Waals surface area contributed by atoms with Crippen LogP contribution in [0.4, 0.5) is 5.82 Å². The van der Waals surface area contributed by atoms with Crippen LogP contribution in [0.25, 0.3) is 11.2 Å². The number of ether oxygens (including phenoxy) is 1. The third-order valence-electron chi connectivity index (χ3n) is 3.69. The van der Waals surface area contributed by atoms with E-state index in [0.717, 1.165) is 0 Å². The number of fused-ring (bicyclic) bond motifs is 1. The van der Waals surface area contributed by atoms with Gasteiger partial charge in [-0.25, -0.2) is 15.0 Å². The summed E-state index contributed by atoms with van der Waals surface area (Å²) >= 11 is 0. The second-order valence-electron chi connectivity index (χ2n) is 5.07. The molecule has 0 spiro atoms. The van der Waals surface area contributed by atoms with Crippen LogP contribution in [-0.4, -0.2) is 66.8 Å². The maximum atomic E-state index is 10.2. The zero-order valence-electron chi connectivity index (χ0n) is 12.6. The standard InChI is InChI=1S/C14H17N5O4/c1-3-4-8-17-12(15-2)9-13(18-8)19(6-16-9)14-11(22)10(21)7(5-20)23-14/h6-7,10-11,14,20-22H,5H2,1-2H3,(H,15,17,18)/t7-,10+,11?,14-/m1/s1. The first-order valence-electron chi connectivity index (χ1n) is 7.08. The molecule has 1 unspecified atom stereocenters. The summed E-state index contributed by atoms with van der Waals surface area (Å²) in [6.45, 7) is 1.28. The second-order valence-corrected chi connectivity index (χ2v) is 5.07. The van der Waals surface area contributed by atoms with Crippen molar-refractivity contribution in [3.05, 3.63) is 12.2 Å². The van der Waals surface area contributed by atoms with E-state index in [1.807, 2.05) is 0 Å². The molecular formula is C14H17N5O4. The lowest BCUT2D eigenvalue weighted by Gasteiger charge is -2.16. The summed E-state index contributed by atoms with van der Waals surface area (Å²) in [7, 11) is 1.70. The molecule has 9 heteroatoms. The Morgan fingerprint density at radius 3 is 2.74 bits per heavy atom. The minimum atomic E-state index is -1.21. The van der Waals surface area contributed by atoms with Crippen molar-refractivity contribution >= 4 is 17.0 Å². The van der Waals surface area contributed by atoms with Gasteiger partial charge in [-0.3, -0.25) is 4.57 Å². The van der Waals surface area contributed by atoms with Crippen molar-refractivity contribution in [3.63, 3.8) is 0 Å². The minimum absolute atomic E-state index is 0.304. The van der Waals surface area contributed by atoms with Crippen LogP contribution in [0.1, 0.15) is 19.0 Å². The first-order valence-corrected chi connectivity index (χ1v) is 7.08. The molecule has 2 aromatic rings. The maximum absolute atomic E-state index is 10.2. The highest BCUT2D eigenvalue weighted by Crippen LogP contribution is 2.32. The van der Waals surface area contributed by atoms with Crippen LogP contribution in [0.5, 0.6) is 0 Å². The van der Waals surface area contributed by atoms with Crippen LogP contribution in [0.3, 0.4) is 0 Å². The molecule has 1 fully saturated rings. The number of aromatic nitrogens is 4. The van der Waals surface area contributed by atoms with Crippen molar-refractivity contribution in [1.29, 1.82) is 0 Å². The molecule has 4 N–H and O–H groups in total. The molecule has 122 valence electrons. The Bertz CT molecular complexity index is 781. The van der Waals surface area contributed by atoms with Gasteiger partial charge in [-0.1, -0.05) is 5.92 Å². The summed E-state index contributed by atoms with van der Waals surface area (Å²) in [5, 5.41) is 32.2. The molecule has 0 radical (unpaired) electrons. The van der Waals surface area contributed by atoms with E-state index in [-0.39, 0.29) is 0 Å². The Hall–Kier alpha value is -2.25. The third-order valence-corrected chi connectivity index (χ3v) is 3.69. The van der Waals surface area contributed by atoms with Gasteiger partial charge in [0.25, 0.3) is 0 Å². The molecule has 23 heavy (non-hydrogen) atoms. The number of hydrogen-bond donors (Lipinski definition) is 4. The van der Waals surface area contributed by atoms with Crippen molar-refractivity contribution in [1.82, 2.24) is 19.5 Å². The number of anilines is 1. The van der Waals surface area contributed by atoms with Crippen LogP contribution < -0.4 is 5.32 Å². The fourth-order valence-electron chi connectivity index (χ4n) is 2.55. The Kier molecular flexibility index (Phi) is 4.14. The molecule has 9 nitrogen and oxygen atoms in total. The number of imidazole rings is 1. The average Bonchev–Trinajstić information content (AvgIpc) is 3.09. The van der Waals surface area contributed by atoms with Crippen LogP contribution in [-0.2, 0) is 4.74 Å². The molecule has 3 rings (SSSR count). The van der Waals surface area contributed by atoms with Crippen LogP contribution in [0.15, 0.2) is 6.33 Å². The third kappa shape index (κ3) is 2.51. The summed E-state index contributed by atoms with van der Waals surface area (Å²) in [6.07, 6.45) is -2.73. The number of aliphatic hydroxyl groups is 3. The molecule has 3 heterocycles. The summed E-state index contributed by atoms with van der Waals surface area (Å²) in [4.78, 5) is 12.8. The molecule has 2 aromatic heterocycles. The second kappa shape index (κ2) is 6.10. The topological polar surface area (TPSA) is 126 Å². The zero-order chi connectivity index (χ0) is 16.6. The maximum Gasteiger partial charge on any atom is 0.208 e. The van der Waals surface area contributed by atoms with Crippen molar-refractivity contribution in [3.8, 4) is 11.8 Å². The highest BCUT2D eigenvalue weighted by atomic mass is 16.6. The van der Waals surface area contributed by atoms with E-state index < -0.39 is 31.1 Å².